The van der Waals surface area contributed by atoms with Gasteiger partial charge >= 0.3 is 0 Å². The Labute approximate surface area is 97.9 Å². The minimum atomic E-state index is 0.0486. The third-order valence-electron chi connectivity index (χ3n) is 2.36. The third-order valence-corrected chi connectivity index (χ3v) is 3.78. The van der Waals surface area contributed by atoms with Crippen LogP contribution in [0.25, 0.3) is 0 Å². The third kappa shape index (κ3) is 1.95. The number of furan rings is 1. The second-order valence-electron chi connectivity index (χ2n) is 3.32. The molecule has 2 nitrogen and oxygen atoms in total. The van der Waals surface area contributed by atoms with Gasteiger partial charge in [-0.3, -0.25) is 0 Å². The average Bonchev–Trinajstić information content (AvgIpc) is 2.80. The fourth-order valence-electron chi connectivity index (χ4n) is 1.57. The molecule has 2 heterocycles. The highest BCUT2D eigenvalue weighted by Crippen LogP contribution is 2.34. The van der Waals surface area contributed by atoms with Gasteiger partial charge in [0.1, 0.15) is 11.8 Å². The lowest BCUT2D eigenvalue weighted by Gasteiger charge is -2.13. The topological polar surface area (TPSA) is 25.2 Å². The van der Waals surface area contributed by atoms with Crippen LogP contribution < -0.4 is 5.32 Å². The van der Waals surface area contributed by atoms with E-state index in [1.807, 2.05) is 31.5 Å². The van der Waals surface area contributed by atoms with Crippen molar-refractivity contribution in [2.24, 2.45) is 0 Å². The molecule has 0 bridgehead atoms. The normalized spacial score (nSPS) is 13.0. The molecule has 0 saturated carbocycles. The number of halogens is 1. The molecule has 80 valence electrons. The SMILES string of the molecule is CNC(c1occc1C)c1sccc1Cl. The minimum absolute atomic E-state index is 0.0486. The van der Waals surface area contributed by atoms with Crippen molar-refractivity contribution in [3.05, 3.63) is 45.0 Å². The molecular weight excluding hydrogens is 230 g/mol. The minimum Gasteiger partial charge on any atom is -0.467 e. The average molecular weight is 242 g/mol. The lowest BCUT2D eigenvalue weighted by Crippen LogP contribution is -2.16. The van der Waals surface area contributed by atoms with Crippen LogP contribution in [-0.4, -0.2) is 7.05 Å². The molecule has 2 rings (SSSR count). The summed E-state index contributed by atoms with van der Waals surface area (Å²) in [5, 5.41) is 5.99. The molecule has 2 aromatic rings. The Morgan fingerprint density at radius 2 is 2.27 bits per heavy atom. The quantitative estimate of drug-likeness (QED) is 0.888. The Balaban J connectivity index is 2.41. The van der Waals surface area contributed by atoms with Crippen molar-refractivity contribution in [1.29, 1.82) is 0 Å². The standard InChI is InChI=1S/C11H12ClNOS/c1-7-3-5-14-10(7)9(13-2)11-8(12)4-6-15-11/h3-6,9,13H,1-2H3. The van der Waals surface area contributed by atoms with E-state index in [1.165, 1.54) is 0 Å². The van der Waals surface area contributed by atoms with Crippen LogP contribution in [0.3, 0.4) is 0 Å². The second kappa shape index (κ2) is 4.39. The summed E-state index contributed by atoms with van der Waals surface area (Å²) < 4.78 is 5.48. The van der Waals surface area contributed by atoms with Gasteiger partial charge in [0.2, 0.25) is 0 Å². The second-order valence-corrected chi connectivity index (χ2v) is 4.68. The van der Waals surface area contributed by atoms with E-state index in [-0.39, 0.29) is 6.04 Å². The molecule has 0 aromatic carbocycles. The van der Waals surface area contributed by atoms with Gasteiger partial charge in [0, 0.05) is 4.88 Å². The van der Waals surface area contributed by atoms with Crippen molar-refractivity contribution in [2.75, 3.05) is 7.05 Å². The number of hydrogen-bond donors (Lipinski definition) is 1. The first-order valence-electron chi connectivity index (χ1n) is 4.68. The summed E-state index contributed by atoms with van der Waals surface area (Å²) in [6, 6.07) is 3.92. The smallest absolute Gasteiger partial charge is 0.128 e. The Bertz CT molecular complexity index is 409. The summed E-state index contributed by atoms with van der Waals surface area (Å²) >= 11 is 7.75. The molecule has 0 aliphatic heterocycles. The van der Waals surface area contributed by atoms with Gasteiger partial charge in [-0.2, -0.15) is 0 Å². The van der Waals surface area contributed by atoms with E-state index in [0.717, 1.165) is 21.2 Å². The van der Waals surface area contributed by atoms with Crippen molar-refractivity contribution in [3.8, 4) is 0 Å². The largest absolute Gasteiger partial charge is 0.467 e. The molecule has 0 amide bonds. The lowest BCUT2D eigenvalue weighted by atomic mass is 10.1. The highest BCUT2D eigenvalue weighted by atomic mass is 35.5. The van der Waals surface area contributed by atoms with Crippen LogP contribution in [0.2, 0.25) is 5.02 Å². The maximum absolute atomic E-state index is 6.11. The first-order valence-corrected chi connectivity index (χ1v) is 5.94. The summed E-state index contributed by atoms with van der Waals surface area (Å²) in [7, 11) is 1.91. The van der Waals surface area contributed by atoms with Gasteiger partial charge in [-0.05, 0) is 37.0 Å². The van der Waals surface area contributed by atoms with Crippen molar-refractivity contribution in [1.82, 2.24) is 5.32 Å². The molecule has 0 aliphatic rings. The van der Waals surface area contributed by atoms with Crippen LogP contribution in [0.4, 0.5) is 0 Å². The van der Waals surface area contributed by atoms with E-state index in [2.05, 4.69) is 5.32 Å². The Morgan fingerprint density at radius 3 is 2.73 bits per heavy atom. The van der Waals surface area contributed by atoms with Crippen LogP contribution in [0.1, 0.15) is 22.2 Å². The Morgan fingerprint density at radius 1 is 1.47 bits per heavy atom. The summed E-state index contributed by atoms with van der Waals surface area (Å²) in [5.41, 5.74) is 1.14. The zero-order valence-electron chi connectivity index (χ0n) is 8.58. The molecule has 0 saturated heterocycles. The number of aryl methyl sites for hydroxylation is 1. The summed E-state index contributed by atoms with van der Waals surface area (Å²) in [6.07, 6.45) is 1.70. The maximum atomic E-state index is 6.11. The van der Waals surface area contributed by atoms with E-state index in [1.54, 1.807) is 17.6 Å². The van der Waals surface area contributed by atoms with Crippen molar-refractivity contribution < 1.29 is 4.42 Å². The van der Waals surface area contributed by atoms with E-state index in [9.17, 15) is 0 Å². The predicted octanol–water partition coefficient (Wildman–Crippen LogP) is 3.61. The molecule has 0 radical (unpaired) electrons. The molecule has 0 aliphatic carbocycles. The number of nitrogens with one attached hydrogen (secondary N) is 1. The van der Waals surface area contributed by atoms with Gasteiger partial charge in [-0.25, -0.2) is 0 Å². The van der Waals surface area contributed by atoms with Gasteiger partial charge in [0.15, 0.2) is 0 Å². The zero-order valence-corrected chi connectivity index (χ0v) is 10.2. The molecule has 1 N–H and O–H groups in total. The van der Waals surface area contributed by atoms with E-state index < -0.39 is 0 Å². The van der Waals surface area contributed by atoms with Crippen LogP contribution in [0.5, 0.6) is 0 Å². The highest BCUT2D eigenvalue weighted by molar-refractivity contribution is 7.10. The first kappa shape index (κ1) is 10.7. The molecular formula is C11H12ClNOS. The van der Waals surface area contributed by atoms with Crippen LogP contribution >= 0.6 is 22.9 Å². The molecule has 1 unspecified atom stereocenters. The molecule has 0 spiro atoms. The van der Waals surface area contributed by atoms with Crippen LogP contribution in [0.15, 0.2) is 28.2 Å². The lowest BCUT2D eigenvalue weighted by molar-refractivity contribution is 0.463. The van der Waals surface area contributed by atoms with Gasteiger partial charge in [-0.1, -0.05) is 11.6 Å². The Kier molecular flexibility index (Phi) is 3.14. The summed E-state index contributed by atoms with van der Waals surface area (Å²) in [6.45, 7) is 2.03. The first-order chi connectivity index (χ1) is 7.24. The van der Waals surface area contributed by atoms with Crippen molar-refractivity contribution in [3.63, 3.8) is 0 Å². The fourth-order valence-corrected chi connectivity index (χ4v) is 2.85. The number of hydrogen-bond acceptors (Lipinski definition) is 3. The summed E-state index contributed by atoms with van der Waals surface area (Å²) in [4.78, 5) is 1.09. The zero-order chi connectivity index (χ0) is 10.8. The van der Waals surface area contributed by atoms with E-state index in [4.69, 9.17) is 16.0 Å². The Hall–Kier alpha value is -0.770. The van der Waals surface area contributed by atoms with Crippen LogP contribution in [0, 0.1) is 6.92 Å². The van der Waals surface area contributed by atoms with Gasteiger partial charge < -0.3 is 9.73 Å². The molecule has 2 aromatic heterocycles. The number of thiophene rings is 1. The molecule has 15 heavy (non-hydrogen) atoms. The van der Waals surface area contributed by atoms with Gasteiger partial charge in [-0.15, -0.1) is 11.3 Å². The van der Waals surface area contributed by atoms with Gasteiger partial charge in [0.25, 0.3) is 0 Å². The summed E-state index contributed by atoms with van der Waals surface area (Å²) in [5.74, 6) is 0.932. The van der Waals surface area contributed by atoms with Crippen molar-refractivity contribution in [2.45, 2.75) is 13.0 Å². The van der Waals surface area contributed by atoms with E-state index >= 15 is 0 Å². The predicted molar refractivity (Wildman–Crippen MR) is 63.7 cm³/mol. The van der Waals surface area contributed by atoms with Crippen molar-refractivity contribution >= 4 is 22.9 Å². The number of rotatable bonds is 3. The van der Waals surface area contributed by atoms with E-state index in [0.29, 0.717) is 0 Å². The van der Waals surface area contributed by atoms with Crippen LogP contribution in [-0.2, 0) is 0 Å². The molecule has 4 heteroatoms. The highest BCUT2D eigenvalue weighted by Gasteiger charge is 2.20. The molecule has 1 atom stereocenters. The molecule has 0 fully saturated rings. The monoisotopic (exact) mass is 241 g/mol. The fraction of sp³-hybridized carbons (Fsp3) is 0.273. The van der Waals surface area contributed by atoms with Gasteiger partial charge in [0.05, 0.1) is 11.3 Å². The maximum Gasteiger partial charge on any atom is 0.128 e.